The van der Waals surface area contributed by atoms with Crippen LogP contribution in [0.4, 0.5) is 10.1 Å². The number of hydrogen-bond donors (Lipinski definition) is 3. The lowest BCUT2D eigenvalue weighted by Crippen LogP contribution is -2.65. The van der Waals surface area contributed by atoms with Gasteiger partial charge in [-0.15, -0.1) is 0 Å². The molecule has 0 radical (unpaired) electrons. The molecule has 9 nitrogen and oxygen atoms in total. The minimum atomic E-state index is -1.62. The van der Waals surface area contributed by atoms with Crippen molar-refractivity contribution in [3.63, 3.8) is 0 Å². The molecule has 2 aromatic rings. The maximum atomic E-state index is 16.1. The number of nitrogens with zero attached hydrogens (tertiary/aromatic N) is 3. The van der Waals surface area contributed by atoms with Crippen LogP contribution in [-0.4, -0.2) is 88.6 Å². The summed E-state index contributed by atoms with van der Waals surface area (Å²) < 4.78 is 16.1. The molecule has 5 atom stereocenters. The number of carbonyl (C=O) groups excluding carboxylic acids is 2. The molecule has 0 saturated carbocycles. The molecular formula is C31H38Cl2FN5O4. The molecule has 3 aliphatic heterocycles. The van der Waals surface area contributed by atoms with Gasteiger partial charge in [0.1, 0.15) is 23.4 Å². The standard InChI is InChI=1S/C31H38Cl2FN5O4/c1-5-37-11-13-38(14-12-37)27(26(35)40)39-22(16-30(2,3)4)31(19-10-9-17(32)15-21(19)36-29(31)43)23(25(39)28(41)42)18-7-6-8-20(33)24(18)34/h6-10,15,22-23,25,27H,5,11-14,16H2,1-4H3,(H2,35,40)(H,36,43)(H,41,42). The summed E-state index contributed by atoms with van der Waals surface area (Å²) in [6.07, 6.45) is -0.871. The van der Waals surface area contributed by atoms with E-state index in [1.54, 1.807) is 29.2 Å². The van der Waals surface area contributed by atoms with Gasteiger partial charge < -0.3 is 21.1 Å². The average Bonchev–Trinajstić information content (AvgIpc) is 3.37. The van der Waals surface area contributed by atoms with E-state index in [0.29, 0.717) is 48.9 Å². The quantitative estimate of drug-likeness (QED) is 0.419. The molecule has 2 amide bonds. The van der Waals surface area contributed by atoms with Crippen LogP contribution in [0.3, 0.4) is 0 Å². The summed E-state index contributed by atoms with van der Waals surface area (Å²) in [7, 11) is 0. The summed E-state index contributed by atoms with van der Waals surface area (Å²) in [6.45, 7) is 11.1. The number of anilines is 1. The average molecular weight is 635 g/mol. The second-order valence-electron chi connectivity index (χ2n) is 12.9. The third-order valence-corrected chi connectivity index (χ3v) is 9.70. The maximum Gasteiger partial charge on any atom is 0.321 e. The van der Waals surface area contributed by atoms with Gasteiger partial charge in [0.15, 0.2) is 0 Å². The number of carboxylic acid groups (broad SMARTS) is 1. The van der Waals surface area contributed by atoms with Crippen molar-refractivity contribution in [2.75, 3.05) is 38.0 Å². The van der Waals surface area contributed by atoms with Gasteiger partial charge in [-0.3, -0.25) is 24.2 Å². The Morgan fingerprint density at radius 2 is 1.84 bits per heavy atom. The van der Waals surface area contributed by atoms with Crippen molar-refractivity contribution in [2.24, 2.45) is 11.1 Å². The van der Waals surface area contributed by atoms with Gasteiger partial charge in [0.2, 0.25) is 11.8 Å². The van der Waals surface area contributed by atoms with Gasteiger partial charge in [-0.1, -0.05) is 69.1 Å². The van der Waals surface area contributed by atoms with E-state index >= 15 is 4.39 Å². The fraction of sp³-hybridized carbons (Fsp3) is 0.516. The van der Waals surface area contributed by atoms with Crippen LogP contribution in [0.5, 0.6) is 0 Å². The van der Waals surface area contributed by atoms with Crippen molar-refractivity contribution in [3.05, 3.63) is 63.4 Å². The first-order valence-corrected chi connectivity index (χ1v) is 15.3. The van der Waals surface area contributed by atoms with Gasteiger partial charge in [0, 0.05) is 48.8 Å². The lowest BCUT2D eigenvalue weighted by atomic mass is 9.62. The van der Waals surface area contributed by atoms with Crippen LogP contribution in [0.15, 0.2) is 36.4 Å². The zero-order valence-corrected chi connectivity index (χ0v) is 26.3. The third kappa shape index (κ3) is 5.31. The first-order chi connectivity index (χ1) is 20.2. The molecule has 3 aliphatic rings. The molecule has 0 aromatic heterocycles. The van der Waals surface area contributed by atoms with E-state index in [1.807, 2.05) is 25.7 Å². The van der Waals surface area contributed by atoms with Gasteiger partial charge in [-0.05, 0) is 47.7 Å². The van der Waals surface area contributed by atoms with Crippen LogP contribution >= 0.6 is 23.2 Å². The fourth-order valence-corrected chi connectivity index (χ4v) is 7.83. The van der Waals surface area contributed by atoms with Gasteiger partial charge in [-0.2, -0.15) is 0 Å². The number of benzene rings is 2. The Hall–Kier alpha value is -2.76. The molecule has 2 aromatic carbocycles. The van der Waals surface area contributed by atoms with Crippen molar-refractivity contribution < 1.29 is 23.9 Å². The van der Waals surface area contributed by atoms with Crippen LogP contribution in [-0.2, 0) is 19.8 Å². The zero-order valence-electron chi connectivity index (χ0n) is 24.7. The monoisotopic (exact) mass is 633 g/mol. The lowest BCUT2D eigenvalue weighted by Gasteiger charge is -2.46. The van der Waals surface area contributed by atoms with Gasteiger partial charge >= 0.3 is 5.97 Å². The summed E-state index contributed by atoms with van der Waals surface area (Å²) >= 11 is 12.6. The highest BCUT2D eigenvalue weighted by atomic mass is 35.5. The molecule has 232 valence electrons. The maximum absolute atomic E-state index is 16.1. The minimum Gasteiger partial charge on any atom is -0.480 e. The Balaban J connectivity index is 1.84. The van der Waals surface area contributed by atoms with Crippen LogP contribution in [0.25, 0.3) is 0 Å². The lowest BCUT2D eigenvalue weighted by molar-refractivity contribution is -0.151. The van der Waals surface area contributed by atoms with Gasteiger partial charge in [-0.25, -0.2) is 4.39 Å². The van der Waals surface area contributed by atoms with E-state index in [4.69, 9.17) is 28.9 Å². The largest absolute Gasteiger partial charge is 0.480 e. The predicted molar refractivity (Wildman–Crippen MR) is 164 cm³/mol. The van der Waals surface area contributed by atoms with Crippen molar-refractivity contribution in [1.29, 1.82) is 0 Å². The molecule has 5 rings (SSSR count). The number of primary amides is 1. The number of aliphatic carboxylic acids is 1. The number of likely N-dealkylation sites (tertiary alicyclic amines) is 1. The Kier molecular flexibility index (Phi) is 8.56. The number of likely N-dealkylation sites (N-methyl/N-ethyl adjacent to an activating group) is 1. The number of fused-ring (bicyclic) bond motifs is 2. The van der Waals surface area contributed by atoms with E-state index in [9.17, 15) is 19.5 Å². The fourth-order valence-electron chi connectivity index (χ4n) is 7.48. The Bertz CT molecular complexity index is 1440. The normalized spacial score (nSPS) is 27.3. The number of nitrogens with two attached hydrogens (primary N) is 1. The number of carboxylic acids is 1. The summed E-state index contributed by atoms with van der Waals surface area (Å²) in [4.78, 5) is 47.2. The van der Waals surface area contributed by atoms with Crippen molar-refractivity contribution in [3.8, 4) is 0 Å². The molecule has 5 unspecified atom stereocenters. The Morgan fingerprint density at radius 1 is 1.16 bits per heavy atom. The first-order valence-electron chi connectivity index (χ1n) is 14.5. The van der Waals surface area contributed by atoms with Crippen LogP contribution in [0, 0.1) is 11.2 Å². The highest BCUT2D eigenvalue weighted by Crippen LogP contribution is 2.61. The number of hydrogen-bond acceptors (Lipinski definition) is 6. The molecule has 2 fully saturated rings. The summed E-state index contributed by atoms with van der Waals surface area (Å²) in [5, 5.41) is 14.1. The first kappa shape index (κ1) is 31.7. The molecule has 4 N–H and O–H groups in total. The molecular weight excluding hydrogens is 596 g/mol. The van der Waals surface area contributed by atoms with Crippen LogP contribution < -0.4 is 11.1 Å². The van der Waals surface area contributed by atoms with Crippen molar-refractivity contribution in [2.45, 2.75) is 63.7 Å². The number of amides is 2. The van der Waals surface area contributed by atoms with E-state index in [2.05, 4.69) is 17.1 Å². The highest BCUT2D eigenvalue weighted by molar-refractivity contribution is 6.31. The second kappa shape index (κ2) is 11.6. The van der Waals surface area contributed by atoms with Crippen LogP contribution in [0.1, 0.15) is 51.2 Å². The van der Waals surface area contributed by atoms with E-state index in [0.717, 1.165) is 6.54 Å². The highest BCUT2D eigenvalue weighted by Gasteiger charge is 2.71. The number of halogens is 3. The number of nitrogens with one attached hydrogen (secondary N) is 1. The molecule has 3 heterocycles. The molecule has 0 aliphatic carbocycles. The number of rotatable bonds is 7. The van der Waals surface area contributed by atoms with E-state index in [1.165, 1.54) is 12.1 Å². The summed E-state index contributed by atoms with van der Waals surface area (Å²) in [5.41, 5.74) is 4.96. The molecule has 43 heavy (non-hydrogen) atoms. The molecule has 12 heteroatoms. The smallest absolute Gasteiger partial charge is 0.321 e. The van der Waals surface area contributed by atoms with Crippen LogP contribution in [0.2, 0.25) is 10.0 Å². The predicted octanol–water partition coefficient (Wildman–Crippen LogP) is 4.13. The third-order valence-electron chi connectivity index (χ3n) is 9.18. The molecule has 2 saturated heterocycles. The Morgan fingerprint density at radius 3 is 2.42 bits per heavy atom. The van der Waals surface area contributed by atoms with E-state index < -0.39 is 58.6 Å². The van der Waals surface area contributed by atoms with Gasteiger partial charge in [0.25, 0.3) is 0 Å². The summed E-state index contributed by atoms with van der Waals surface area (Å²) in [5.74, 6) is -4.59. The second-order valence-corrected chi connectivity index (χ2v) is 13.7. The minimum absolute atomic E-state index is 0.0155. The van der Waals surface area contributed by atoms with Crippen molar-refractivity contribution >= 4 is 46.7 Å². The zero-order chi connectivity index (χ0) is 31.4. The Labute approximate surface area is 261 Å². The van der Waals surface area contributed by atoms with E-state index in [-0.39, 0.29) is 10.6 Å². The molecule has 0 bridgehead atoms. The SMILES string of the molecule is CCN1CCN(C(C(N)=O)N2C(C(=O)O)C(c3cccc(Cl)c3F)C3(C(=O)Nc4cc(Cl)ccc43)C2CC(C)(C)C)CC1. The number of carbonyl (C=O) groups is 3. The van der Waals surface area contributed by atoms with Gasteiger partial charge in [0.05, 0.1) is 5.02 Å². The summed E-state index contributed by atoms with van der Waals surface area (Å²) in [6, 6.07) is 6.96. The molecule has 1 spiro atoms. The number of piperazine rings is 1. The topological polar surface area (TPSA) is 119 Å². The van der Waals surface area contributed by atoms with Crippen molar-refractivity contribution in [1.82, 2.24) is 14.7 Å².